The summed E-state index contributed by atoms with van der Waals surface area (Å²) in [7, 11) is 0. The smallest absolute Gasteiger partial charge is 0.250 e. The molecule has 0 aliphatic heterocycles. The van der Waals surface area contributed by atoms with Crippen molar-refractivity contribution >= 4 is 46.1 Å². The fraction of sp³-hybridized carbons (Fsp3) is 0.333. The van der Waals surface area contributed by atoms with Crippen molar-refractivity contribution in [3.05, 3.63) is 20.6 Å². The first-order chi connectivity index (χ1) is 7.70. The molecule has 0 aromatic carbocycles. The highest BCUT2D eigenvalue weighted by atomic mass is 35.5. The summed E-state index contributed by atoms with van der Waals surface area (Å²) in [4.78, 5) is 0. The van der Waals surface area contributed by atoms with Crippen LogP contribution in [-0.2, 0) is 6.42 Å². The Morgan fingerprint density at radius 3 is 2.75 bits per heavy atom. The molecule has 16 heavy (non-hydrogen) atoms. The van der Waals surface area contributed by atoms with Gasteiger partial charge in [0.25, 0.3) is 0 Å². The van der Waals surface area contributed by atoms with Crippen LogP contribution in [-0.4, -0.2) is 16.1 Å². The molecule has 0 unspecified atom stereocenters. The predicted molar refractivity (Wildman–Crippen MR) is 66.7 cm³/mol. The molecule has 0 radical (unpaired) electrons. The van der Waals surface area contributed by atoms with E-state index < -0.39 is 0 Å². The summed E-state index contributed by atoms with van der Waals surface area (Å²) < 4.78 is 6.60. The van der Waals surface area contributed by atoms with Gasteiger partial charge in [-0.2, -0.15) is 0 Å². The van der Waals surface area contributed by atoms with Crippen LogP contribution >= 0.6 is 46.1 Å². The van der Waals surface area contributed by atoms with E-state index in [4.69, 9.17) is 39.2 Å². The van der Waals surface area contributed by atoms with Gasteiger partial charge in [0.05, 0.1) is 9.90 Å². The lowest BCUT2D eigenvalue weighted by Crippen LogP contribution is -1.85. The van der Waals surface area contributed by atoms with Gasteiger partial charge in [0.2, 0.25) is 11.8 Å². The van der Waals surface area contributed by atoms with Crippen molar-refractivity contribution in [2.24, 2.45) is 0 Å². The van der Waals surface area contributed by atoms with Crippen molar-refractivity contribution in [2.45, 2.75) is 12.8 Å². The average molecular weight is 298 g/mol. The average Bonchev–Trinajstić information content (AvgIpc) is 2.82. The van der Waals surface area contributed by atoms with E-state index in [0.717, 1.165) is 6.42 Å². The Morgan fingerprint density at radius 2 is 2.12 bits per heavy atom. The summed E-state index contributed by atoms with van der Waals surface area (Å²) in [6.07, 6.45) is 1.48. The molecule has 2 aromatic heterocycles. The van der Waals surface area contributed by atoms with Gasteiger partial charge in [-0.3, -0.25) is 0 Å². The van der Waals surface area contributed by atoms with E-state index in [1.807, 2.05) is 0 Å². The van der Waals surface area contributed by atoms with Crippen LogP contribution in [0, 0.1) is 0 Å². The van der Waals surface area contributed by atoms with Crippen LogP contribution in [0.15, 0.2) is 10.5 Å². The highest BCUT2D eigenvalue weighted by molar-refractivity contribution is 7.20. The second kappa shape index (κ2) is 5.36. The molecule has 0 saturated heterocycles. The van der Waals surface area contributed by atoms with Crippen molar-refractivity contribution in [1.29, 1.82) is 0 Å². The van der Waals surface area contributed by atoms with Gasteiger partial charge < -0.3 is 4.42 Å². The molecule has 86 valence electrons. The number of alkyl halides is 1. The Labute approximate surface area is 111 Å². The van der Waals surface area contributed by atoms with Gasteiger partial charge in [-0.1, -0.05) is 23.2 Å². The first kappa shape index (κ1) is 12.2. The molecule has 0 amide bonds. The fourth-order valence-corrected chi connectivity index (χ4v) is 2.75. The number of aryl methyl sites for hydroxylation is 1. The lowest BCUT2D eigenvalue weighted by molar-refractivity contribution is 0.503. The van der Waals surface area contributed by atoms with E-state index in [2.05, 4.69) is 10.2 Å². The number of thiophene rings is 1. The SMILES string of the molecule is ClCCCc1nnc(-c2cc(Cl)sc2Cl)o1. The third-order valence-corrected chi connectivity index (χ3v) is 3.63. The predicted octanol–water partition coefficient (Wildman–Crippen LogP) is 4.28. The molecule has 0 saturated carbocycles. The molecule has 0 bridgehead atoms. The second-order valence-electron chi connectivity index (χ2n) is 3.03. The second-order valence-corrected chi connectivity index (χ2v) is 5.69. The molecule has 0 spiro atoms. The first-order valence-electron chi connectivity index (χ1n) is 4.54. The van der Waals surface area contributed by atoms with Crippen molar-refractivity contribution in [3.63, 3.8) is 0 Å². The number of hydrogen-bond donors (Lipinski definition) is 0. The van der Waals surface area contributed by atoms with Gasteiger partial charge in [0.15, 0.2) is 0 Å². The van der Waals surface area contributed by atoms with Crippen molar-refractivity contribution in [2.75, 3.05) is 5.88 Å². The molecule has 0 aliphatic rings. The molecule has 7 heteroatoms. The molecule has 2 rings (SSSR count). The lowest BCUT2D eigenvalue weighted by atomic mass is 10.3. The summed E-state index contributed by atoms with van der Waals surface area (Å²) in [5, 5.41) is 7.83. The fourth-order valence-electron chi connectivity index (χ4n) is 1.17. The molecule has 0 atom stereocenters. The van der Waals surface area contributed by atoms with Crippen LogP contribution in [0.2, 0.25) is 8.67 Å². The highest BCUT2D eigenvalue weighted by Crippen LogP contribution is 2.37. The van der Waals surface area contributed by atoms with Gasteiger partial charge in [-0.25, -0.2) is 0 Å². The van der Waals surface area contributed by atoms with E-state index >= 15 is 0 Å². The Balaban J connectivity index is 2.21. The molecular weight excluding hydrogens is 291 g/mol. The molecule has 0 aliphatic carbocycles. The molecule has 2 heterocycles. The Kier molecular flexibility index (Phi) is 4.08. The topological polar surface area (TPSA) is 38.9 Å². The van der Waals surface area contributed by atoms with Crippen LogP contribution in [0.5, 0.6) is 0 Å². The van der Waals surface area contributed by atoms with Crippen LogP contribution in [0.4, 0.5) is 0 Å². The normalized spacial score (nSPS) is 10.9. The van der Waals surface area contributed by atoms with Crippen LogP contribution in [0.25, 0.3) is 11.5 Å². The van der Waals surface area contributed by atoms with Gasteiger partial charge in [-0.05, 0) is 12.5 Å². The summed E-state index contributed by atoms with van der Waals surface area (Å²) in [5.74, 6) is 1.54. The van der Waals surface area contributed by atoms with Crippen LogP contribution < -0.4 is 0 Å². The summed E-state index contributed by atoms with van der Waals surface area (Å²) >= 11 is 18.7. The summed E-state index contributed by atoms with van der Waals surface area (Å²) in [5.41, 5.74) is 0.682. The Morgan fingerprint density at radius 1 is 1.31 bits per heavy atom. The molecule has 0 fully saturated rings. The monoisotopic (exact) mass is 296 g/mol. The minimum Gasteiger partial charge on any atom is -0.421 e. The number of rotatable bonds is 4. The first-order valence-corrected chi connectivity index (χ1v) is 6.65. The van der Waals surface area contributed by atoms with Gasteiger partial charge >= 0.3 is 0 Å². The van der Waals surface area contributed by atoms with Crippen molar-refractivity contribution < 1.29 is 4.42 Å². The number of aromatic nitrogens is 2. The summed E-state index contributed by atoms with van der Waals surface area (Å²) in [6, 6.07) is 1.72. The van der Waals surface area contributed by atoms with E-state index in [1.54, 1.807) is 6.07 Å². The van der Waals surface area contributed by atoms with Crippen LogP contribution in [0.3, 0.4) is 0 Å². The molecular formula is C9H7Cl3N2OS. The lowest BCUT2D eigenvalue weighted by Gasteiger charge is -1.90. The maximum absolute atomic E-state index is 5.98. The number of hydrogen-bond acceptors (Lipinski definition) is 4. The number of halogens is 3. The van der Waals surface area contributed by atoms with E-state index in [9.17, 15) is 0 Å². The number of nitrogens with zero attached hydrogens (tertiary/aromatic N) is 2. The van der Waals surface area contributed by atoms with Gasteiger partial charge in [-0.15, -0.1) is 33.1 Å². The maximum atomic E-state index is 5.98. The molecule has 3 nitrogen and oxygen atoms in total. The molecule has 0 N–H and O–H groups in total. The standard InChI is InChI=1S/C9H7Cl3N2OS/c10-3-1-2-7-13-14-9(15-7)5-4-6(11)16-8(5)12/h4H,1-3H2. The largest absolute Gasteiger partial charge is 0.421 e. The Bertz CT molecular complexity index is 483. The van der Waals surface area contributed by atoms with E-state index in [-0.39, 0.29) is 0 Å². The zero-order valence-corrected chi connectivity index (χ0v) is 11.1. The van der Waals surface area contributed by atoms with E-state index in [0.29, 0.717) is 38.3 Å². The quantitative estimate of drug-likeness (QED) is 0.791. The minimum atomic E-state index is 0.401. The third kappa shape index (κ3) is 2.69. The van der Waals surface area contributed by atoms with Gasteiger partial charge in [0, 0.05) is 12.3 Å². The zero-order valence-electron chi connectivity index (χ0n) is 8.04. The maximum Gasteiger partial charge on any atom is 0.250 e. The highest BCUT2D eigenvalue weighted by Gasteiger charge is 2.14. The Hall–Kier alpha value is -0.290. The molecule has 2 aromatic rings. The minimum absolute atomic E-state index is 0.401. The summed E-state index contributed by atoms with van der Waals surface area (Å²) in [6.45, 7) is 0. The van der Waals surface area contributed by atoms with Crippen molar-refractivity contribution in [3.8, 4) is 11.5 Å². The zero-order chi connectivity index (χ0) is 11.5. The van der Waals surface area contributed by atoms with Crippen LogP contribution in [0.1, 0.15) is 12.3 Å². The third-order valence-electron chi connectivity index (χ3n) is 1.88. The van der Waals surface area contributed by atoms with Gasteiger partial charge in [0.1, 0.15) is 4.34 Å². The van der Waals surface area contributed by atoms with Crippen molar-refractivity contribution in [1.82, 2.24) is 10.2 Å². The van der Waals surface area contributed by atoms with E-state index in [1.165, 1.54) is 11.3 Å².